The van der Waals surface area contributed by atoms with Crippen LogP contribution < -0.4 is 0 Å². The molecule has 1 nitrogen and oxygen atoms in total. The van der Waals surface area contributed by atoms with Gasteiger partial charge >= 0.3 is 0 Å². The van der Waals surface area contributed by atoms with Gasteiger partial charge in [0.15, 0.2) is 0 Å². The van der Waals surface area contributed by atoms with Crippen LogP contribution in [0.1, 0.15) is 53.4 Å². The first-order valence-electron chi connectivity index (χ1n) is 6.43. The monoisotopic (exact) mass is 197 g/mol. The lowest BCUT2D eigenvalue weighted by molar-refractivity contribution is 0.104. The molecule has 1 heterocycles. The molecule has 1 unspecified atom stereocenters. The van der Waals surface area contributed by atoms with Gasteiger partial charge in [0, 0.05) is 12.6 Å². The van der Waals surface area contributed by atoms with Gasteiger partial charge in [0.05, 0.1) is 0 Å². The fourth-order valence-electron chi connectivity index (χ4n) is 2.85. The van der Waals surface area contributed by atoms with E-state index in [0.29, 0.717) is 0 Å². The summed E-state index contributed by atoms with van der Waals surface area (Å²) in [6, 6.07) is 0.743. The van der Waals surface area contributed by atoms with Crippen LogP contribution in [0.3, 0.4) is 0 Å². The number of nitrogens with zero attached hydrogens (tertiary/aromatic N) is 1. The molecule has 0 aliphatic carbocycles. The zero-order valence-electron chi connectivity index (χ0n) is 10.4. The molecule has 1 rings (SSSR count). The Morgan fingerprint density at radius 1 is 1.21 bits per heavy atom. The minimum absolute atomic E-state index is 0.743. The van der Waals surface area contributed by atoms with Crippen molar-refractivity contribution in [3.05, 3.63) is 0 Å². The van der Waals surface area contributed by atoms with Crippen LogP contribution in [0.5, 0.6) is 0 Å². The van der Waals surface area contributed by atoms with Crippen molar-refractivity contribution < 1.29 is 0 Å². The molecule has 14 heavy (non-hydrogen) atoms. The second-order valence-corrected chi connectivity index (χ2v) is 5.07. The number of piperidine rings is 1. The van der Waals surface area contributed by atoms with E-state index in [1.54, 1.807) is 0 Å². The van der Waals surface area contributed by atoms with Gasteiger partial charge in [-0.05, 0) is 45.1 Å². The summed E-state index contributed by atoms with van der Waals surface area (Å²) in [5, 5.41) is 0. The van der Waals surface area contributed by atoms with Crippen LogP contribution >= 0.6 is 0 Å². The SMILES string of the molecule is CCC(CC)C1CCCN(C(C)C)C1. The third-order valence-electron chi connectivity index (χ3n) is 3.93. The van der Waals surface area contributed by atoms with Gasteiger partial charge in [-0.3, -0.25) is 0 Å². The Morgan fingerprint density at radius 3 is 2.36 bits per heavy atom. The number of hydrogen-bond donors (Lipinski definition) is 0. The summed E-state index contributed by atoms with van der Waals surface area (Å²) in [4.78, 5) is 2.66. The Balaban J connectivity index is 2.46. The normalized spacial score (nSPS) is 24.9. The fourth-order valence-corrected chi connectivity index (χ4v) is 2.85. The molecule has 0 bridgehead atoms. The van der Waals surface area contributed by atoms with Crippen molar-refractivity contribution in [2.75, 3.05) is 13.1 Å². The van der Waals surface area contributed by atoms with E-state index >= 15 is 0 Å². The molecular weight excluding hydrogens is 170 g/mol. The van der Waals surface area contributed by atoms with Crippen LogP contribution in [0.15, 0.2) is 0 Å². The molecule has 0 aromatic heterocycles. The van der Waals surface area contributed by atoms with Crippen molar-refractivity contribution >= 4 is 0 Å². The highest BCUT2D eigenvalue weighted by atomic mass is 15.2. The van der Waals surface area contributed by atoms with E-state index in [9.17, 15) is 0 Å². The number of likely N-dealkylation sites (tertiary alicyclic amines) is 1. The molecule has 1 fully saturated rings. The fraction of sp³-hybridized carbons (Fsp3) is 1.00. The van der Waals surface area contributed by atoms with Gasteiger partial charge < -0.3 is 4.90 Å². The van der Waals surface area contributed by atoms with Gasteiger partial charge in [0.25, 0.3) is 0 Å². The molecule has 0 spiro atoms. The maximum absolute atomic E-state index is 2.66. The van der Waals surface area contributed by atoms with Crippen LogP contribution in [0.4, 0.5) is 0 Å². The number of rotatable bonds is 4. The lowest BCUT2D eigenvalue weighted by Crippen LogP contribution is -2.42. The topological polar surface area (TPSA) is 3.24 Å². The van der Waals surface area contributed by atoms with Crippen molar-refractivity contribution in [2.24, 2.45) is 11.8 Å². The van der Waals surface area contributed by atoms with E-state index in [-0.39, 0.29) is 0 Å². The predicted octanol–water partition coefficient (Wildman–Crippen LogP) is 3.54. The maximum atomic E-state index is 2.66. The molecule has 84 valence electrons. The van der Waals surface area contributed by atoms with Crippen LogP contribution in [0.25, 0.3) is 0 Å². The maximum Gasteiger partial charge on any atom is 0.00387 e. The Hall–Kier alpha value is -0.0400. The summed E-state index contributed by atoms with van der Waals surface area (Å²) in [7, 11) is 0. The first kappa shape index (κ1) is 12.0. The highest BCUT2D eigenvalue weighted by Gasteiger charge is 2.25. The van der Waals surface area contributed by atoms with Gasteiger partial charge in [-0.25, -0.2) is 0 Å². The number of hydrogen-bond acceptors (Lipinski definition) is 1. The summed E-state index contributed by atoms with van der Waals surface area (Å²) in [5.41, 5.74) is 0. The van der Waals surface area contributed by atoms with E-state index in [2.05, 4.69) is 32.6 Å². The molecule has 0 radical (unpaired) electrons. The molecular formula is C13H27N. The highest BCUT2D eigenvalue weighted by Crippen LogP contribution is 2.29. The van der Waals surface area contributed by atoms with Crippen molar-refractivity contribution in [1.82, 2.24) is 4.90 Å². The zero-order valence-corrected chi connectivity index (χ0v) is 10.4. The zero-order chi connectivity index (χ0) is 10.6. The van der Waals surface area contributed by atoms with Crippen molar-refractivity contribution in [3.63, 3.8) is 0 Å². The molecule has 0 aromatic carbocycles. The average molecular weight is 197 g/mol. The Labute approximate surface area is 89.9 Å². The predicted molar refractivity (Wildman–Crippen MR) is 63.5 cm³/mol. The van der Waals surface area contributed by atoms with E-state index in [4.69, 9.17) is 0 Å². The molecule has 1 saturated heterocycles. The van der Waals surface area contributed by atoms with Gasteiger partial charge in [-0.2, -0.15) is 0 Å². The molecule has 1 aliphatic rings. The van der Waals surface area contributed by atoms with E-state index < -0.39 is 0 Å². The van der Waals surface area contributed by atoms with E-state index in [1.807, 2.05) is 0 Å². The standard InChI is InChI=1S/C13H27N/c1-5-12(6-2)13-8-7-9-14(10-13)11(3)4/h11-13H,5-10H2,1-4H3. The molecule has 0 aromatic rings. The smallest absolute Gasteiger partial charge is 0.00387 e. The Bertz CT molecular complexity index is 149. The average Bonchev–Trinajstić information content (AvgIpc) is 2.20. The molecule has 0 saturated carbocycles. The van der Waals surface area contributed by atoms with Crippen molar-refractivity contribution in [3.8, 4) is 0 Å². The van der Waals surface area contributed by atoms with Crippen molar-refractivity contribution in [2.45, 2.75) is 59.4 Å². The quantitative estimate of drug-likeness (QED) is 0.666. The van der Waals surface area contributed by atoms with Crippen LogP contribution in [0.2, 0.25) is 0 Å². The second kappa shape index (κ2) is 5.75. The largest absolute Gasteiger partial charge is 0.301 e. The van der Waals surface area contributed by atoms with Gasteiger partial charge in [-0.15, -0.1) is 0 Å². The molecule has 1 heteroatoms. The summed E-state index contributed by atoms with van der Waals surface area (Å²) in [6.07, 6.45) is 5.62. The lowest BCUT2D eigenvalue weighted by Gasteiger charge is -2.38. The van der Waals surface area contributed by atoms with Crippen LogP contribution in [0, 0.1) is 11.8 Å². The van der Waals surface area contributed by atoms with Crippen LogP contribution in [-0.2, 0) is 0 Å². The van der Waals surface area contributed by atoms with Crippen LogP contribution in [-0.4, -0.2) is 24.0 Å². The Kier molecular flexibility index (Phi) is 4.94. The highest BCUT2D eigenvalue weighted by molar-refractivity contribution is 4.79. The summed E-state index contributed by atoms with van der Waals surface area (Å²) >= 11 is 0. The van der Waals surface area contributed by atoms with Gasteiger partial charge in [0.1, 0.15) is 0 Å². The van der Waals surface area contributed by atoms with Crippen molar-refractivity contribution in [1.29, 1.82) is 0 Å². The van der Waals surface area contributed by atoms with Gasteiger partial charge in [-0.1, -0.05) is 26.7 Å². The minimum Gasteiger partial charge on any atom is -0.301 e. The molecule has 0 N–H and O–H groups in total. The summed E-state index contributed by atoms with van der Waals surface area (Å²) in [6.45, 7) is 12.0. The minimum atomic E-state index is 0.743. The first-order chi connectivity index (χ1) is 6.69. The lowest BCUT2D eigenvalue weighted by atomic mass is 9.82. The molecule has 1 aliphatic heterocycles. The van der Waals surface area contributed by atoms with E-state index in [1.165, 1.54) is 38.8 Å². The van der Waals surface area contributed by atoms with Gasteiger partial charge in [0.2, 0.25) is 0 Å². The first-order valence-corrected chi connectivity index (χ1v) is 6.43. The molecule has 0 amide bonds. The third kappa shape index (κ3) is 2.98. The summed E-state index contributed by atoms with van der Waals surface area (Å²) < 4.78 is 0. The third-order valence-corrected chi connectivity index (χ3v) is 3.93. The Morgan fingerprint density at radius 2 is 1.86 bits per heavy atom. The summed E-state index contributed by atoms with van der Waals surface area (Å²) in [5.74, 6) is 1.94. The van der Waals surface area contributed by atoms with E-state index in [0.717, 1.165) is 17.9 Å². The molecule has 1 atom stereocenters. The second-order valence-electron chi connectivity index (χ2n) is 5.07.